The molecule has 6 heteroatoms. The van der Waals surface area contributed by atoms with Gasteiger partial charge in [-0.05, 0) is 47.5 Å². The van der Waals surface area contributed by atoms with Crippen molar-refractivity contribution in [1.29, 1.82) is 0 Å². The van der Waals surface area contributed by atoms with Crippen LogP contribution in [0.25, 0.3) is 0 Å². The first-order valence-corrected chi connectivity index (χ1v) is 9.00. The molecule has 142 valence electrons. The van der Waals surface area contributed by atoms with E-state index in [0.29, 0.717) is 22.9 Å². The lowest BCUT2D eigenvalue weighted by Crippen LogP contribution is -2.19. The summed E-state index contributed by atoms with van der Waals surface area (Å²) in [5, 5.41) is 4.66. The van der Waals surface area contributed by atoms with Gasteiger partial charge < -0.3 is 4.74 Å². The number of hydrogen-bond donors (Lipinski definition) is 1. The molecular formula is C22H18ClFN2O2. The summed E-state index contributed by atoms with van der Waals surface area (Å²) < 4.78 is 18.7. The minimum Gasteiger partial charge on any atom is -0.488 e. The Kier molecular flexibility index (Phi) is 6.76. The zero-order chi connectivity index (χ0) is 19.8. The largest absolute Gasteiger partial charge is 0.488 e. The summed E-state index contributed by atoms with van der Waals surface area (Å²) in [4.78, 5) is 12.0. The first-order valence-electron chi connectivity index (χ1n) is 8.63. The van der Waals surface area contributed by atoms with E-state index >= 15 is 0 Å². The SMILES string of the molecule is O=C(Cc1ccc(F)cc1)N/N=C/c1ccccc1OCc1ccc(Cl)cc1. The monoisotopic (exact) mass is 396 g/mol. The highest BCUT2D eigenvalue weighted by atomic mass is 35.5. The fraction of sp³-hybridized carbons (Fsp3) is 0.0909. The normalized spacial score (nSPS) is 10.8. The van der Waals surface area contributed by atoms with Crippen LogP contribution in [0.5, 0.6) is 5.75 Å². The van der Waals surface area contributed by atoms with Crippen LogP contribution in [0, 0.1) is 5.82 Å². The van der Waals surface area contributed by atoms with Gasteiger partial charge in [0.15, 0.2) is 0 Å². The molecule has 0 atom stereocenters. The molecule has 0 aliphatic rings. The molecule has 4 nitrogen and oxygen atoms in total. The Morgan fingerprint density at radius 3 is 2.43 bits per heavy atom. The second-order valence-electron chi connectivity index (χ2n) is 6.05. The number of ether oxygens (including phenoxy) is 1. The van der Waals surface area contributed by atoms with Gasteiger partial charge in [0.25, 0.3) is 0 Å². The van der Waals surface area contributed by atoms with Gasteiger partial charge in [0.1, 0.15) is 18.2 Å². The van der Waals surface area contributed by atoms with Gasteiger partial charge in [-0.3, -0.25) is 4.79 Å². The third kappa shape index (κ3) is 5.93. The van der Waals surface area contributed by atoms with E-state index in [1.165, 1.54) is 18.3 Å². The maximum absolute atomic E-state index is 12.9. The minimum atomic E-state index is -0.336. The molecule has 0 aliphatic carbocycles. The quantitative estimate of drug-likeness (QED) is 0.462. The van der Waals surface area contributed by atoms with Gasteiger partial charge in [0.2, 0.25) is 5.91 Å². The highest BCUT2D eigenvalue weighted by molar-refractivity contribution is 6.30. The van der Waals surface area contributed by atoms with Crippen molar-refractivity contribution in [3.63, 3.8) is 0 Å². The van der Waals surface area contributed by atoms with Crippen molar-refractivity contribution in [2.24, 2.45) is 5.10 Å². The van der Waals surface area contributed by atoms with Gasteiger partial charge in [-0.1, -0.05) is 48.0 Å². The van der Waals surface area contributed by atoms with Crippen LogP contribution in [-0.2, 0) is 17.8 Å². The molecule has 1 N–H and O–H groups in total. The van der Waals surface area contributed by atoms with Crippen LogP contribution in [0.15, 0.2) is 77.9 Å². The Bertz CT molecular complexity index is 957. The van der Waals surface area contributed by atoms with Crippen molar-refractivity contribution in [2.45, 2.75) is 13.0 Å². The van der Waals surface area contributed by atoms with Gasteiger partial charge in [0, 0.05) is 10.6 Å². The highest BCUT2D eigenvalue weighted by Gasteiger charge is 2.04. The molecule has 0 aliphatic heterocycles. The van der Waals surface area contributed by atoms with Crippen LogP contribution in [0.3, 0.4) is 0 Å². The van der Waals surface area contributed by atoms with E-state index < -0.39 is 0 Å². The Labute approximate surface area is 167 Å². The van der Waals surface area contributed by atoms with E-state index in [0.717, 1.165) is 11.1 Å². The Morgan fingerprint density at radius 1 is 1.00 bits per heavy atom. The summed E-state index contributed by atoms with van der Waals surface area (Å²) >= 11 is 5.89. The van der Waals surface area contributed by atoms with Crippen LogP contribution in [0.4, 0.5) is 4.39 Å². The minimum absolute atomic E-state index is 0.117. The number of nitrogens with one attached hydrogen (secondary N) is 1. The van der Waals surface area contributed by atoms with Gasteiger partial charge in [-0.15, -0.1) is 0 Å². The zero-order valence-electron chi connectivity index (χ0n) is 14.9. The number of para-hydroxylation sites is 1. The molecule has 0 saturated heterocycles. The van der Waals surface area contributed by atoms with Gasteiger partial charge >= 0.3 is 0 Å². The van der Waals surface area contributed by atoms with Crippen LogP contribution < -0.4 is 10.2 Å². The Balaban J connectivity index is 1.56. The van der Waals surface area contributed by atoms with E-state index in [-0.39, 0.29) is 18.1 Å². The average Bonchev–Trinajstić information content (AvgIpc) is 2.70. The van der Waals surface area contributed by atoms with Gasteiger partial charge in [-0.2, -0.15) is 5.10 Å². The molecular weight excluding hydrogens is 379 g/mol. The highest BCUT2D eigenvalue weighted by Crippen LogP contribution is 2.18. The number of carbonyl (C=O) groups excluding carboxylic acids is 1. The molecule has 0 heterocycles. The summed E-state index contributed by atoms with van der Waals surface area (Å²) in [6.45, 7) is 0.388. The lowest BCUT2D eigenvalue weighted by molar-refractivity contribution is -0.120. The van der Waals surface area contributed by atoms with E-state index in [9.17, 15) is 9.18 Å². The molecule has 0 bridgehead atoms. The summed E-state index contributed by atoms with van der Waals surface area (Å²) in [5.41, 5.74) is 4.90. The second-order valence-corrected chi connectivity index (χ2v) is 6.49. The van der Waals surface area contributed by atoms with Gasteiger partial charge in [0.05, 0.1) is 12.6 Å². The van der Waals surface area contributed by atoms with Crippen LogP contribution in [0.1, 0.15) is 16.7 Å². The number of hydrazone groups is 1. The van der Waals surface area contributed by atoms with E-state index in [1.54, 1.807) is 12.1 Å². The Hall–Kier alpha value is -3.18. The summed E-state index contributed by atoms with van der Waals surface area (Å²) in [5.74, 6) is 0.0220. The number of halogens is 2. The van der Waals surface area contributed by atoms with Crippen molar-refractivity contribution < 1.29 is 13.9 Å². The Morgan fingerprint density at radius 2 is 1.68 bits per heavy atom. The maximum Gasteiger partial charge on any atom is 0.244 e. The number of rotatable bonds is 7. The molecule has 0 fully saturated rings. The van der Waals surface area contributed by atoms with E-state index in [2.05, 4.69) is 10.5 Å². The molecule has 3 aromatic carbocycles. The number of hydrogen-bond acceptors (Lipinski definition) is 3. The second kappa shape index (κ2) is 9.67. The molecule has 3 aromatic rings. The zero-order valence-corrected chi connectivity index (χ0v) is 15.7. The lowest BCUT2D eigenvalue weighted by Gasteiger charge is -2.09. The molecule has 0 radical (unpaired) electrons. The number of nitrogens with zero attached hydrogens (tertiary/aromatic N) is 1. The topological polar surface area (TPSA) is 50.7 Å². The number of carbonyl (C=O) groups is 1. The fourth-order valence-electron chi connectivity index (χ4n) is 2.46. The molecule has 1 amide bonds. The average molecular weight is 397 g/mol. The summed E-state index contributed by atoms with van der Waals surface area (Å²) in [6, 6.07) is 20.6. The molecule has 0 aromatic heterocycles. The van der Waals surface area contributed by atoms with Crippen molar-refractivity contribution in [3.05, 3.63) is 100 Å². The van der Waals surface area contributed by atoms with Gasteiger partial charge in [-0.25, -0.2) is 9.82 Å². The van der Waals surface area contributed by atoms with Crippen molar-refractivity contribution >= 4 is 23.7 Å². The third-order valence-corrected chi connectivity index (χ3v) is 4.15. The predicted octanol–water partition coefficient (Wildman–Crippen LogP) is 4.75. The first kappa shape index (κ1) is 19.6. The third-order valence-electron chi connectivity index (χ3n) is 3.90. The summed E-state index contributed by atoms with van der Waals surface area (Å²) in [6.07, 6.45) is 1.64. The van der Waals surface area contributed by atoms with Crippen molar-refractivity contribution in [1.82, 2.24) is 5.43 Å². The fourth-order valence-corrected chi connectivity index (χ4v) is 2.59. The van der Waals surface area contributed by atoms with Crippen molar-refractivity contribution in [3.8, 4) is 5.75 Å². The maximum atomic E-state index is 12.9. The lowest BCUT2D eigenvalue weighted by atomic mass is 10.1. The number of benzene rings is 3. The molecule has 0 saturated carbocycles. The summed E-state index contributed by atoms with van der Waals surface area (Å²) in [7, 11) is 0. The van der Waals surface area contributed by atoms with Crippen LogP contribution >= 0.6 is 11.6 Å². The standard InChI is InChI=1S/C22H18ClFN2O2/c23-19-9-5-17(6-10-19)15-28-21-4-2-1-3-18(21)14-25-26-22(27)13-16-7-11-20(24)12-8-16/h1-12,14H,13,15H2,(H,26,27)/b25-14+. The first-order chi connectivity index (χ1) is 13.6. The van der Waals surface area contributed by atoms with Crippen molar-refractivity contribution in [2.75, 3.05) is 0 Å². The number of amides is 1. The molecule has 28 heavy (non-hydrogen) atoms. The smallest absolute Gasteiger partial charge is 0.244 e. The molecule has 3 rings (SSSR count). The molecule has 0 unspecified atom stereocenters. The van der Waals surface area contributed by atoms with E-state index in [4.69, 9.17) is 16.3 Å². The molecule has 0 spiro atoms. The predicted molar refractivity (Wildman–Crippen MR) is 108 cm³/mol. The van der Waals surface area contributed by atoms with Crippen LogP contribution in [-0.4, -0.2) is 12.1 Å². The van der Waals surface area contributed by atoms with E-state index in [1.807, 2.05) is 48.5 Å². The van der Waals surface area contributed by atoms with Crippen LogP contribution in [0.2, 0.25) is 5.02 Å².